The highest BCUT2D eigenvalue weighted by atomic mass is 16.7. The summed E-state index contributed by atoms with van der Waals surface area (Å²) in [4.78, 5) is 13.6. The lowest BCUT2D eigenvalue weighted by molar-refractivity contribution is -0.167. The van der Waals surface area contributed by atoms with E-state index in [1.165, 1.54) is 0 Å². The van der Waals surface area contributed by atoms with Crippen LogP contribution in [0.4, 0.5) is 5.69 Å². The molecule has 0 bridgehead atoms. The third-order valence-electron chi connectivity index (χ3n) is 7.67. The Morgan fingerprint density at radius 3 is 2.05 bits per heavy atom. The van der Waals surface area contributed by atoms with Crippen LogP contribution in [-0.4, -0.2) is 36.5 Å². The smallest absolute Gasteiger partial charge is 0.464 e. The van der Waals surface area contributed by atoms with E-state index in [0.717, 1.165) is 51.7 Å². The Labute approximate surface area is 229 Å². The van der Waals surface area contributed by atoms with Crippen molar-refractivity contribution in [3.63, 3.8) is 0 Å². The van der Waals surface area contributed by atoms with Gasteiger partial charge in [-0.3, -0.25) is 0 Å². The molecule has 1 saturated heterocycles. The summed E-state index contributed by atoms with van der Waals surface area (Å²) < 4.78 is 25.0. The molecule has 2 aromatic carbocycles. The fourth-order valence-corrected chi connectivity index (χ4v) is 4.73. The molecule has 1 atom stereocenters. The minimum Gasteiger partial charge on any atom is -0.464 e. The number of hydrogen-bond acceptors (Lipinski definition) is 6. The molecule has 1 heterocycles. The molecule has 2 aromatic rings. The van der Waals surface area contributed by atoms with Crippen molar-refractivity contribution in [1.82, 2.24) is 0 Å². The number of ether oxygens (including phenoxy) is 2. The molecule has 3 rings (SSSR count). The summed E-state index contributed by atoms with van der Waals surface area (Å²) in [6.45, 7) is 22.4. The number of nitrogens with two attached hydrogens (primary N) is 1. The Bertz CT molecular complexity index is 1150. The lowest BCUT2D eigenvalue weighted by atomic mass is 9.70. The lowest BCUT2D eigenvalue weighted by Gasteiger charge is -2.32. The molecule has 7 heteroatoms. The summed E-state index contributed by atoms with van der Waals surface area (Å²) in [5.41, 5.74) is 11.9. The van der Waals surface area contributed by atoms with E-state index in [1.807, 2.05) is 62.3 Å². The normalized spacial score (nSPS) is 17.5. The zero-order valence-corrected chi connectivity index (χ0v) is 25.2. The van der Waals surface area contributed by atoms with Gasteiger partial charge in [-0.25, -0.2) is 4.79 Å². The van der Waals surface area contributed by atoms with Gasteiger partial charge < -0.3 is 24.5 Å². The number of anilines is 1. The lowest BCUT2D eigenvalue weighted by Crippen LogP contribution is -2.41. The standard InChI is InChI=1S/C31H46BNO5/c1-12-13-18-35-28(34)27(36-29(5,6)7)24-21(4)26(33)25(32-37-30(8,9)31(10,11)38-32)20(3)23(24)22-16-14-19(2)15-17-22/h14-17,27H,12-13,18,33H2,1-11H3/t27-/m0/s1. The van der Waals surface area contributed by atoms with Gasteiger partial charge in [0.15, 0.2) is 6.10 Å². The quantitative estimate of drug-likeness (QED) is 0.188. The molecule has 1 aliphatic rings. The van der Waals surface area contributed by atoms with E-state index >= 15 is 0 Å². The molecule has 6 nitrogen and oxygen atoms in total. The van der Waals surface area contributed by atoms with Crippen molar-refractivity contribution in [2.75, 3.05) is 12.3 Å². The van der Waals surface area contributed by atoms with Crippen LogP contribution in [0, 0.1) is 20.8 Å². The van der Waals surface area contributed by atoms with E-state index in [2.05, 4.69) is 38.1 Å². The van der Waals surface area contributed by atoms with Gasteiger partial charge in [0.1, 0.15) is 0 Å². The van der Waals surface area contributed by atoms with Gasteiger partial charge in [-0.05, 0) is 97.9 Å². The Morgan fingerprint density at radius 1 is 1.00 bits per heavy atom. The van der Waals surface area contributed by atoms with E-state index in [1.54, 1.807) is 0 Å². The first-order chi connectivity index (χ1) is 17.5. The maximum Gasteiger partial charge on any atom is 0.497 e. The average Bonchev–Trinajstić information content (AvgIpc) is 3.01. The van der Waals surface area contributed by atoms with Crippen LogP contribution in [0.25, 0.3) is 11.1 Å². The van der Waals surface area contributed by atoms with E-state index in [9.17, 15) is 4.79 Å². The van der Waals surface area contributed by atoms with E-state index < -0.39 is 36.0 Å². The second-order valence-corrected chi connectivity index (χ2v) is 12.5. The van der Waals surface area contributed by atoms with Gasteiger partial charge in [-0.2, -0.15) is 0 Å². The monoisotopic (exact) mass is 523 g/mol. The van der Waals surface area contributed by atoms with Crippen molar-refractivity contribution in [2.24, 2.45) is 0 Å². The molecule has 0 radical (unpaired) electrons. The topological polar surface area (TPSA) is 80.0 Å². The Balaban J connectivity index is 2.31. The number of aryl methyl sites for hydroxylation is 1. The highest BCUT2D eigenvalue weighted by molar-refractivity contribution is 6.64. The molecular formula is C31H46BNO5. The molecule has 0 unspecified atom stereocenters. The summed E-state index contributed by atoms with van der Waals surface area (Å²) in [5.74, 6) is -0.410. The predicted molar refractivity (Wildman–Crippen MR) is 156 cm³/mol. The third kappa shape index (κ3) is 6.11. The summed E-state index contributed by atoms with van der Waals surface area (Å²) in [6.07, 6.45) is 0.775. The molecule has 1 fully saturated rings. The van der Waals surface area contributed by atoms with Crippen LogP contribution < -0.4 is 11.2 Å². The van der Waals surface area contributed by atoms with Crippen LogP contribution in [0.2, 0.25) is 0 Å². The summed E-state index contributed by atoms with van der Waals surface area (Å²) in [6, 6.07) is 8.28. The largest absolute Gasteiger partial charge is 0.497 e. The predicted octanol–water partition coefficient (Wildman–Crippen LogP) is 6.36. The summed E-state index contributed by atoms with van der Waals surface area (Å²) in [5, 5.41) is 0. The van der Waals surface area contributed by atoms with E-state index in [4.69, 9.17) is 24.5 Å². The van der Waals surface area contributed by atoms with Crippen molar-refractivity contribution >= 4 is 24.2 Å². The van der Waals surface area contributed by atoms with Crippen molar-refractivity contribution < 1.29 is 23.6 Å². The van der Waals surface area contributed by atoms with Gasteiger partial charge in [0.25, 0.3) is 0 Å². The first-order valence-electron chi connectivity index (χ1n) is 13.7. The fraction of sp³-hybridized carbons (Fsp3) is 0.581. The van der Waals surface area contributed by atoms with Crippen LogP contribution in [0.15, 0.2) is 24.3 Å². The number of unbranched alkanes of at least 4 members (excludes halogenated alkanes) is 1. The van der Waals surface area contributed by atoms with E-state index in [0.29, 0.717) is 12.3 Å². The molecule has 0 aromatic heterocycles. The molecule has 0 spiro atoms. The maximum atomic E-state index is 13.6. The van der Waals surface area contributed by atoms with Gasteiger partial charge in [0, 0.05) is 16.7 Å². The molecule has 208 valence electrons. The molecule has 1 aliphatic heterocycles. The Kier molecular flexibility index (Phi) is 8.77. The zero-order chi connectivity index (χ0) is 28.6. The average molecular weight is 524 g/mol. The van der Waals surface area contributed by atoms with Crippen LogP contribution >= 0.6 is 0 Å². The molecule has 2 N–H and O–H groups in total. The second-order valence-electron chi connectivity index (χ2n) is 12.5. The number of carbonyl (C=O) groups excluding carboxylic acids is 1. The molecule has 0 amide bonds. The van der Waals surface area contributed by atoms with Gasteiger partial charge in [-0.1, -0.05) is 43.2 Å². The summed E-state index contributed by atoms with van der Waals surface area (Å²) in [7, 11) is -0.643. The van der Waals surface area contributed by atoms with Gasteiger partial charge in [0.2, 0.25) is 0 Å². The van der Waals surface area contributed by atoms with Gasteiger partial charge >= 0.3 is 13.1 Å². The highest BCUT2D eigenvalue weighted by Crippen LogP contribution is 2.42. The second kappa shape index (κ2) is 11.0. The van der Waals surface area contributed by atoms with E-state index in [-0.39, 0.29) is 0 Å². The van der Waals surface area contributed by atoms with Crippen LogP contribution in [0.5, 0.6) is 0 Å². The van der Waals surface area contributed by atoms with Crippen molar-refractivity contribution in [1.29, 1.82) is 0 Å². The number of esters is 1. The first-order valence-corrected chi connectivity index (χ1v) is 13.7. The number of rotatable bonds is 8. The highest BCUT2D eigenvalue weighted by Gasteiger charge is 2.53. The minimum absolute atomic E-state index is 0.346. The summed E-state index contributed by atoms with van der Waals surface area (Å²) >= 11 is 0. The third-order valence-corrected chi connectivity index (χ3v) is 7.67. The number of benzene rings is 2. The molecule has 38 heavy (non-hydrogen) atoms. The molecule has 0 saturated carbocycles. The number of nitrogen functional groups attached to an aromatic ring is 1. The minimum atomic E-state index is -0.948. The molecular weight excluding hydrogens is 477 g/mol. The number of carbonyl (C=O) groups is 1. The van der Waals surface area contributed by atoms with Gasteiger partial charge in [0.05, 0.1) is 23.4 Å². The Morgan fingerprint density at radius 2 is 1.55 bits per heavy atom. The first kappa shape index (κ1) is 30.2. The molecule has 0 aliphatic carbocycles. The van der Waals surface area contributed by atoms with Crippen LogP contribution in [0.3, 0.4) is 0 Å². The maximum absolute atomic E-state index is 13.6. The van der Waals surface area contributed by atoms with Crippen molar-refractivity contribution in [3.8, 4) is 11.1 Å². The van der Waals surface area contributed by atoms with Crippen molar-refractivity contribution in [2.45, 2.75) is 112 Å². The van der Waals surface area contributed by atoms with Crippen molar-refractivity contribution in [3.05, 3.63) is 46.5 Å². The zero-order valence-electron chi connectivity index (χ0n) is 25.2. The van der Waals surface area contributed by atoms with Crippen LogP contribution in [-0.2, 0) is 23.6 Å². The van der Waals surface area contributed by atoms with Crippen LogP contribution in [0.1, 0.15) is 96.6 Å². The fourth-order valence-electron chi connectivity index (χ4n) is 4.73. The number of hydrogen-bond donors (Lipinski definition) is 1. The SMILES string of the molecule is CCCCOC(=O)[C@@H](OC(C)(C)C)c1c(C)c(N)c(B2OC(C)(C)C(C)(C)O2)c(C)c1-c1ccc(C)cc1. The Hall–Kier alpha value is -2.35. The van der Waals surface area contributed by atoms with Gasteiger partial charge in [-0.15, -0.1) is 0 Å².